The van der Waals surface area contributed by atoms with E-state index >= 15 is 0 Å². The Hall–Kier alpha value is -2.27. The van der Waals surface area contributed by atoms with Gasteiger partial charge in [-0.3, -0.25) is 10.1 Å². The Labute approximate surface area is 129 Å². The number of carbonyl (C=O) groups is 1. The normalized spacial score (nSPS) is 10.0. The van der Waals surface area contributed by atoms with Gasteiger partial charge in [-0.1, -0.05) is 12.1 Å². The lowest BCUT2D eigenvalue weighted by atomic mass is 10.1. The summed E-state index contributed by atoms with van der Waals surface area (Å²) in [6.45, 7) is 5.90. The fourth-order valence-corrected chi connectivity index (χ4v) is 2.00. The summed E-state index contributed by atoms with van der Waals surface area (Å²) in [6, 6.07) is 9.32. The van der Waals surface area contributed by atoms with E-state index in [-0.39, 0.29) is 11.0 Å². The Bertz CT molecular complexity index is 698. The molecule has 5 heteroatoms. The highest BCUT2D eigenvalue weighted by molar-refractivity contribution is 7.80. The Morgan fingerprint density at radius 3 is 2.52 bits per heavy atom. The van der Waals surface area contributed by atoms with Crippen LogP contribution in [0.5, 0.6) is 0 Å². The molecule has 2 rings (SSSR count). The number of pyridine rings is 1. The highest BCUT2D eigenvalue weighted by Gasteiger charge is 2.09. The van der Waals surface area contributed by atoms with Crippen molar-refractivity contribution in [1.82, 2.24) is 10.3 Å². The van der Waals surface area contributed by atoms with Gasteiger partial charge in [-0.15, -0.1) is 0 Å². The molecule has 1 aromatic carbocycles. The first-order valence-electron chi connectivity index (χ1n) is 6.58. The van der Waals surface area contributed by atoms with Crippen LogP contribution in [0, 0.1) is 20.8 Å². The van der Waals surface area contributed by atoms with Gasteiger partial charge in [-0.05, 0) is 67.9 Å². The molecule has 0 aliphatic rings. The van der Waals surface area contributed by atoms with Crippen LogP contribution in [0.1, 0.15) is 27.0 Å². The maximum absolute atomic E-state index is 12.1. The van der Waals surface area contributed by atoms with E-state index in [4.69, 9.17) is 12.2 Å². The number of carbonyl (C=O) groups excluding carboxylic acids is 1. The van der Waals surface area contributed by atoms with Crippen molar-refractivity contribution < 1.29 is 4.79 Å². The summed E-state index contributed by atoms with van der Waals surface area (Å²) in [7, 11) is 0. The van der Waals surface area contributed by atoms with Crippen LogP contribution in [-0.4, -0.2) is 16.0 Å². The van der Waals surface area contributed by atoms with Crippen LogP contribution in [0.15, 0.2) is 36.5 Å². The summed E-state index contributed by atoms with van der Waals surface area (Å²) in [5, 5.41) is 5.82. The Kier molecular flexibility index (Phi) is 4.65. The van der Waals surface area contributed by atoms with E-state index < -0.39 is 0 Å². The predicted octanol–water partition coefficient (Wildman–Crippen LogP) is 3.13. The number of nitrogens with zero attached hydrogens (tertiary/aromatic N) is 1. The third-order valence-corrected chi connectivity index (χ3v) is 3.44. The molecule has 0 aliphatic heterocycles. The number of hydrogen-bond acceptors (Lipinski definition) is 3. The average Bonchev–Trinajstić information content (AvgIpc) is 2.44. The van der Waals surface area contributed by atoms with Gasteiger partial charge in [0.2, 0.25) is 0 Å². The second-order valence-corrected chi connectivity index (χ2v) is 5.28. The van der Waals surface area contributed by atoms with Gasteiger partial charge in [0.05, 0.1) is 0 Å². The van der Waals surface area contributed by atoms with Crippen molar-refractivity contribution in [2.75, 3.05) is 5.32 Å². The molecule has 1 amide bonds. The lowest BCUT2D eigenvalue weighted by Gasteiger charge is -2.11. The molecule has 2 aromatic rings. The molecule has 0 atom stereocenters. The van der Waals surface area contributed by atoms with Gasteiger partial charge in [0.15, 0.2) is 5.11 Å². The van der Waals surface area contributed by atoms with Crippen molar-refractivity contribution in [2.24, 2.45) is 0 Å². The van der Waals surface area contributed by atoms with Gasteiger partial charge >= 0.3 is 0 Å². The second kappa shape index (κ2) is 6.45. The summed E-state index contributed by atoms with van der Waals surface area (Å²) in [5.74, 6) is 0.409. The number of thiocarbonyl (C=S) groups is 1. The molecule has 4 nitrogen and oxygen atoms in total. The summed E-state index contributed by atoms with van der Waals surface area (Å²) >= 11 is 5.15. The first-order chi connectivity index (χ1) is 9.97. The summed E-state index contributed by atoms with van der Waals surface area (Å²) in [5.41, 5.74) is 3.76. The topological polar surface area (TPSA) is 54.0 Å². The zero-order valence-electron chi connectivity index (χ0n) is 12.2. The summed E-state index contributed by atoms with van der Waals surface area (Å²) in [6.07, 6.45) is 1.67. The fraction of sp³-hybridized carbons (Fsp3) is 0.188. The number of rotatable bonds is 2. The molecular weight excluding hydrogens is 282 g/mol. The van der Waals surface area contributed by atoms with E-state index in [1.165, 1.54) is 0 Å². The number of nitrogens with one attached hydrogen (secondary N) is 2. The van der Waals surface area contributed by atoms with Crippen molar-refractivity contribution in [3.05, 3.63) is 58.8 Å². The van der Waals surface area contributed by atoms with E-state index in [1.54, 1.807) is 12.3 Å². The number of aromatic nitrogens is 1. The third kappa shape index (κ3) is 3.86. The number of hydrogen-bond donors (Lipinski definition) is 2. The third-order valence-electron chi connectivity index (χ3n) is 3.24. The molecular formula is C16H17N3OS. The fourth-order valence-electron chi connectivity index (χ4n) is 1.81. The van der Waals surface area contributed by atoms with E-state index in [2.05, 4.69) is 15.6 Å². The lowest BCUT2D eigenvalue weighted by Crippen LogP contribution is -2.34. The van der Waals surface area contributed by atoms with Crippen molar-refractivity contribution in [2.45, 2.75) is 20.8 Å². The molecule has 0 fully saturated rings. The van der Waals surface area contributed by atoms with Crippen molar-refractivity contribution in [3.8, 4) is 0 Å². The first kappa shape index (κ1) is 15.1. The Balaban J connectivity index is 2.04. The van der Waals surface area contributed by atoms with Crippen LogP contribution in [0.3, 0.4) is 0 Å². The van der Waals surface area contributed by atoms with Crippen LogP contribution in [-0.2, 0) is 0 Å². The maximum atomic E-state index is 12.1. The first-order valence-corrected chi connectivity index (χ1v) is 6.99. The van der Waals surface area contributed by atoms with Gasteiger partial charge in [-0.25, -0.2) is 4.98 Å². The molecule has 0 aliphatic carbocycles. The second-order valence-electron chi connectivity index (χ2n) is 4.88. The highest BCUT2D eigenvalue weighted by Crippen LogP contribution is 2.11. The minimum Gasteiger partial charge on any atom is -0.317 e. The van der Waals surface area contributed by atoms with E-state index in [9.17, 15) is 4.79 Å². The van der Waals surface area contributed by atoms with Crippen LogP contribution in [0.25, 0.3) is 0 Å². The average molecular weight is 299 g/mol. The van der Waals surface area contributed by atoms with Gasteiger partial charge < -0.3 is 5.32 Å². The summed E-state index contributed by atoms with van der Waals surface area (Å²) < 4.78 is 0. The van der Waals surface area contributed by atoms with Crippen LogP contribution in [0.2, 0.25) is 0 Å². The Morgan fingerprint density at radius 2 is 1.86 bits per heavy atom. The lowest BCUT2D eigenvalue weighted by molar-refractivity contribution is 0.0977. The predicted molar refractivity (Wildman–Crippen MR) is 88.6 cm³/mol. The van der Waals surface area contributed by atoms with E-state index in [0.29, 0.717) is 11.4 Å². The molecule has 1 heterocycles. The molecule has 21 heavy (non-hydrogen) atoms. The zero-order chi connectivity index (χ0) is 15.4. The van der Waals surface area contributed by atoms with Gasteiger partial charge in [0.1, 0.15) is 5.82 Å². The number of amides is 1. The number of benzene rings is 1. The van der Waals surface area contributed by atoms with Gasteiger partial charge in [0, 0.05) is 11.8 Å². The highest BCUT2D eigenvalue weighted by atomic mass is 32.1. The van der Waals surface area contributed by atoms with Crippen molar-refractivity contribution >= 4 is 29.1 Å². The van der Waals surface area contributed by atoms with Gasteiger partial charge in [0.25, 0.3) is 5.91 Å². The van der Waals surface area contributed by atoms with Crippen molar-refractivity contribution in [3.63, 3.8) is 0 Å². The maximum Gasteiger partial charge on any atom is 0.257 e. The van der Waals surface area contributed by atoms with Crippen LogP contribution < -0.4 is 10.6 Å². The van der Waals surface area contributed by atoms with Crippen LogP contribution >= 0.6 is 12.2 Å². The SMILES string of the molecule is Cc1ccc(C(=O)NC(=S)Nc2ncccc2C)cc1C. The molecule has 108 valence electrons. The van der Waals surface area contributed by atoms with Gasteiger partial charge in [-0.2, -0.15) is 0 Å². The molecule has 1 aromatic heterocycles. The Morgan fingerprint density at radius 1 is 1.10 bits per heavy atom. The molecule has 0 spiro atoms. The minimum absolute atomic E-state index is 0.232. The summed E-state index contributed by atoms with van der Waals surface area (Å²) in [4.78, 5) is 16.3. The van der Waals surface area contributed by atoms with Crippen molar-refractivity contribution in [1.29, 1.82) is 0 Å². The molecule has 0 bridgehead atoms. The number of anilines is 1. The zero-order valence-corrected chi connectivity index (χ0v) is 13.0. The quantitative estimate of drug-likeness (QED) is 0.837. The molecule has 0 radical (unpaired) electrons. The standard InChI is InChI=1S/C16H17N3OS/c1-10-6-7-13(9-12(10)3)15(20)19-16(21)18-14-11(2)5-4-8-17-14/h4-9H,1-3H3,(H2,17,18,19,20,21). The minimum atomic E-state index is -0.232. The molecule has 0 unspecified atom stereocenters. The molecule has 0 saturated heterocycles. The monoisotopic (exact) mass is 299 g/mol. The number of aryl methyl sites for hydroxylation is 3. The van der Waals surface area contributed by atoms with Crippen LogP contribution in [0.4, 0.5) is 5.82 Å². The van der Waals surface area contributed by atoms with E-state index in [0.717, 1.165) is 16.7 Å². The molecule has 0 saturated carbocycles. The molecule has 2 N–H and O–H groups in total. The smallest absolute Gasteiger partial charge is 0.257 e. The largest absolute Gasteiger partial charge is 0.317 e. The van der Waals surface area contributed by atoms with E-state index in [1.807, 2.05) is 45.0 Å².